The van der Waals surface area contributed by atoms with Crippen LogP contribution in [0.1, 0.15) is 39.5 Å². The fourth-order valence-electron chi connectivity index (χ4n) is 2.87. The number of hydrogen-bond acceptors (Lipinski definition) is 3. The second-order valence-corrected chi connectivity index (χ2v) is 5.85. The van der Waals surface area contributed by atoms with E-state index in [9.17, 15) is 4.79 Å². The van der Waals surface area contributed by atoms with Crippen LogP contribution in [0.25, 0.3) is 0 Å². The normalized spacial score (nSPS) is 36.1. The van der Waals surface area contributed by atoms with E-state index in [1.807, 2.05) is 6.92 Å². The van der Waals surface area contributed by atoms with Crippen LogP contribution < -0.4 is 11.1 Å². The van der Waals surface area contributed by atoms with E-state index in [4.69, 9.17) is 10.5 Å². The van der Waals surface area contributed by atoms with Crippen molar-refractivity contribution in [3.63, 3.8) is 0 Å². The van der Waals surface area contributed by atoms with Gasteiger partial charge >= 0.3 is 0 Å². The number of hydrogen-bond donors (Lipinski definition) is 2. The predicted molar refractivity (Wildman–Crippen MR) is 66.5 cm³/mol. The quantitative estimate of drug-likeness (QED) is 0.775. The zero-order valence-electron chi connectivity index (χ0n) is 10.9. The van der Waals surface area contributed by atoms with Crippen molar-refractivity contribution in [2.75, 3.05) is 13.2 Å². The molecule has 4 heteroatoms. The van der Waals surface area contributed by atoms with Gasteiger partial charge in [-0.05, 0) is 32.6 Å². The highest BCUT2D eigenvalue weighted by Gasteiger charge is 2.45. The van der Waals surface area contributed by atoms with E-state index in [1.165, 1.54) is 25.7 Å². The third-order valence-electron chi connectivity index (χ3n) is 4.50. The maximum atomic E-state index is 12.3. The summed E-state index contributed by atoms with van der Waals surface area (Å²) in [7, 11) is 0. The van der Waals surface area contributed by atoms with Gasteiger partial charge in [0.15, 0.2) is 0 Å². The highest BCUT2D eigenvalue weighted by atomic mass is 16.5. The molecule has 0 aromatic carbocycles. The lowest BCUT2D eigenvalue weighted by molar-refractivity contribution is -0.131. The number of nitrogens with two attached hydrogens (primary N) is 1. The highest BCUT2D eigenvalue weighted by molar-refractivity contribution is 5.83. The molecule has 1 amide bonds. The second kappa shape index (κ2) is 4.94. The van der Waals surface area contributed by atoms with Crippen molar-refractivity contribution in [2.24, 2.45) is 17.1 Å². The molecule has 4 nitrogen and oxygen atoms in total. The SMILES string of the molecule is C[C@@H](NC(=O)C1(C)COCC1N)C1CCCC1. The van der Waals surface area contributed by atoms with Gasteiger partial charge in [0.05, 0.1) is 18.6 Å². The largest absolute Gasteiger partial charge is 0.379 e. The predicted octanol–water partition coefficient (Wildman–Crippen LogP) is 1.05. The lowest BCUT2D eigenvalue weighted by atomic mass is 9.84. The summed E-state index contributed by atoms with van der Waals surface area (Å²) in [6.07, 6.45) is 5.07. The van der Waals surface area contributed by atoms with Gasteiger partial charge in [0.25, 0.3) is 0 Å². The number of ether oxygens (including phenoxy) is 1. The van der Waals surface area contributed by atoms with Crippen LogP contribution in [0.3, 0.4) is 0 Å². The van der Waals surface area contributed by atoms with Gasteiger partial charge in [0.2, 0.25) is 5.91 Å². The summed E-state index contributed by atoms with van der Waals surface area (Å²) in [5.41, 5.74) is 5.41. The number of carbonyl (C=O) groups excluding carboxylic acids is 1. The smallest absolute Gasteiger partial charge is 0.230 e. The molecule has 1 aliphatic heterocycles. The Balaban J connectivity index is 1.91. The van der Waals surface area contributed by atoms with Gasteiger partial charge < -0.3 is 15.8 Å². The fraction of sp³-hybridized carbons (Fsp3) is 0.923. The van der Waals surface area contributed by atoms with Crippen molar-refractivity contribution in [3.05, 3.63) is 0 Å². The molecule has 2 aliphatic rings. The summed E-state index contributed by atoms with van der Waals surface area (Å²) >= 11 is 0. The summed E-state index contributed by atoms with van der Waals surface area (Å²) in [4.78, 5) is 12.3. The Morgan fingerprint density at radius 2 is 2.12 bits per heavy atom. The van der Waals surface area contributed by atoms with Crippen molar-refractivity contribution in [2.45, 2.75) is 51.6 Å². The Morgan fingerprint density at radius 3 is 2.65 bits per heavy atom. The van der Waals surface area contributed by atoms with Crippen LogP contribution in [0, 0.1) is 11.3 Å². The van der Waals surface area contributed by atoms with Gasteiger partial charge in [0.1, 0.15) is 0 Å². The summed E-state index contributed by atoms with van der Waals surface area (Å²) in [6, 6.07) is 0.0768. The first-order valence-electron chi connectivity index (χ1n) is 6.68. The summed E-state index contributed by atoms with van der Waals surface area (Å²) in [5, 5.41) is 3.14. The van der Waals surface area contributed by atoms with Gasteiger partial charge in [-0.15, -0.1) is 0 Å². The molecule has 1 heterocycles. The zero-order valence-corrected chi connectivity index (χ0v) is 10.9. The highest BCUT2D eigenvalue weighted by Crippen LogP contribution is 2.30. The second-order valence-electron chi connectivity index (χ2n) is 5.85. The minimum Gasteiger partial charge on any atom is -0.379 e. The third-order valence-corrected chi connectivity index (χ3v) is 4.50. The molecule has 2 unspecified atom stereocenters. The summed E-state index contributed by atoms with van der Waals surface area (Å²) < 4.78 is 5.31. The van der Waals surface area contributed by atoms with Crippen LogP contribution in [0.2, 0.25) is 0 Å². The van der Waals surface area contributed by atoms with Crippen molar-refractivity contribution in [3.8, 4) is 0 Å². The molecule has 0 aromatic rings. The molecule has 1 saturated carbocycles. The maximum Gasteiger partial charge on any atom is 0.230 e. The van der Waals surface area contributed by atoms with Crippen LogP contribution >= 0.6 is 0 Å². The number of nitrogens with one attached hydrogen (secondary N) is 1. The zero-order chi connectivity index (χ0) is 12.5. The van der Waals surface area contributed by atoms with Crippen LogP contribution in [-0.4, -0.2) is 31.2 Å². The molecule has 1 aliphatic carbocycles. The molecule has 17 heavy (non-hydrogen) atoms. The van der Waals surface area contributed by atoms with E-state index >= 15 is 0 Å². The Bertz CT molecular complexity index is 289. The lowest BCUT2D eigenvalue weighted by Gasteiger charge is -2.29. The first kappa shape index (κ1) is 12.8. The fourth-order valence-corrected chi connectivity index (χ4v) is 2.87. The minimum atomic E-state index is -0.549. The molecule has 1 saturated heterocycles. The van der Waals surface area contributed by atoms with E-state index in [2.05, 4.69) is 12.2 Å². The minimum absolute atomic E-state index is 0.0573. The molecule has 3 atom stereocenters. The molecule has 98 valence electrons. The van der Waals surface area contributed by atoms with Crippen molar-refractivity contribution < 1.29 is 9.53 Å². The summed E-state index contributed by atoms with van der Waals surface area (Å²) in [6.45, 7) is 4.94. The molecular formula is C13H24N2O2. The summed E-state index contributed by atoms with van der Waals surface area (Å²) in [5.74, 6) is 0.697. The number of carbonyl (C=O) groups is 1. The van der Waals surface area contributed by atoms with E-state index in [-0.39, 0.29) is 18.0 Å². The molecule has 2 rings (SSSR count). The average molecular weight is 240 g/mol. The van der Waals surface area contributed by atoms with Crippen molar-refractivity contribution in [1.82, 2.24) is 5.32 Å². The van der Waals surface area contributed by atoms with E-state index in [0.717, 1.165) is 0 Å². The standard InChI is InChI=1S/C13H24N2O2/c1-9(10-5-3-4-6-10)15-12(16)13(2)8-17-7-11(13)14/h9-11H,3-8,14H2,1-2H3,(H,15,16)/t9-,11?,13?/m1/s1. The van der Waals surface area contributed by atoms with Crippen LogP contribution in [0.15, 0.2) is 0 Å². The van der Waals surface area contributed by atoms with Gasteiger partial charge in [-0.1, -0.05) is 12.8 Å². The molecule has 0 spiro atoms. The molecule has 2 fully saturated rings. The average Bonchev–Trinajstić information content (AvgIpc) is 2.90. The Labute approximate surface area is 103 Å². The molecule has 0 bridgehead atoms. The van der Waals surface area contributed by atoms with E-state index < -0.39 is 5.41 Å². The van der Waals surface area contributed by atoms with E-state index in [0.29, 0.717) is 19.1 Å². The maximum absolute atomic E-state index is 12.3. The van der Waals surface area contributed by atoms with Crippen LogP contribution in [0.5, 0.6) is 0 Å². The Morgan fingerprint density at radius 1 is 1.47 bits per heavy atom. The third kappa shape index (κ3) is 2.47. The van der Waals surface area contributed by atoms with Gasteiger partial charge in [-0.3, -0.25) is 4.79 Å². The van der Waals surface area contributed by atoms with E-state index in [1.54, 1.807) is 0 Å². The lowest BCUT2D eigenvalue weighted by Crippen LogP contribution is -2.52. The van der Waals surface area contributed by atoms with Gasteiger partial charge in [0, 0.05) is 12.1 Å². The first-order chi connectivity index (χ1) is 8.04. The molecule has 3 N–H and O–H groups in total. The Kier molecular flexibility index (Phi) is 3.73. The van der Waals surface area contributed by atoms with Crippen molar-refractivity contribution >= 4 is 5.91 Å². The molecule has 0 aromatic heterocycles. The molecular weight excluding hydrogens is 216 g/mol. The first-order valence-corrected chi connectivity index (χ1v) is 6.68. The van der Waals surface area contributed by atoms with Gasteiger partial charge in [-0.25, -0.2) is 0 Å². The van der Waals surface area contributed by atoms with Crippen molar-refractivity contribution in [1.29, 1.82) is 0 Å². The number of amides is 1. The Hall–Kier alpha value is -0.610. The van der Waals surface area contributed by atoms with Gasteiger partial charge in [-0.2, -0.15) is 0 Å². The molecule has 0 radical (unpaired) electrons. The number of rotatable bonds is 3. The monoisotopic (exact) mass is 240 g/mol. The van der Waals surface area contributed by atoms with Crippen LogP contribution in [-0.2, 0) is 9.53 Å². The topological polar surface area (TPSA) is 64.3 Å². The van der Waals surface area contributed by atoms with Crippen LogP contribution in [0.4, 0.5) is 0 Å².